The molecule has 124 valence electrons. The number of para-hydroxylation sites is 1. The maximum Gasteiger partial charge on any atom is 0.256 e. The Balaban J connectivity index is 1.73. The fourth-order valence-corrected chi connectivity index (χ4v) is 3.74. The molecule has 0 aliphatic rings. The third-order valence-corrected chi connectivity index (χ3v) is 4.95. The van der Waals surface area contributed by atoms with E-state index in [4.69, 9.17) is 11.6 Å². The Morgan fingerprint density at radius 1 is 1.16 bits per heavy atom. The molecule has 0 aliphatic carbocycles. The summed E-state index contributed by atoms with van der Waals surface area (Å²) in [5.74, 6) is 0.377. The summed E-state index contributed by atoms with van der Waals surface area (Å²) >= 11 is 7.68. The van der Waals surface area contributed by atoms with E-state index in [2.05, 4.69) is 15.4 Å². The quantitative estimate of drug-likeness (QED) is 0.570. The lowest BCUT2D eigenvalue weighted by molar-refractivity contribution is 0.102. The largest absolute Gasteiger partial charge is 0.306 e. The molecule has 4 aromatic rings. The van der Waals surface area contributed by atoms with Crippen LogP contribution >= 0.6 is 22.9 Å². The highest BCUT2D eigenvalue weighted by Crippen LogP contribution is 2.31. The van der Waals surface area contributed by atoms with Crippen molar-refractivity contribution in [2.24, 2.45) is 0 Å². The second-order valence-electron chi connectivity index (χ2n) is 5.49. The van der Waals surface area contributed by atoms with Gasteiger partial charge in [-0.3, -0.25) is 4.79 Å². The number of thiazole rings is 1. The number of hydrogen-bond donors (Lipinski definition) is 1. The van der Waals surface area contributed by atoms with Crippen molar-refractivity contribution in [3.05, 3.63) is 70.9 Å². The lowest BCUT2D eigenvalue weighted by Gasteiger charge is -2.06. The van der Waals surface area contributed by atoms with Gasteiger partial charge in [0.1, 0.15) is 11.3 Å². The Morgan fingerprint density at radius 2 is 1.96 bits per heavy atom. The van der Waals surface area contributed by atoms with Crippen LogP contribution in [0.15, 0.2) is 54.6 Å². The fraction of sp³-hybridized carbons (Fsp3) is 0.0556. The smallest absolute Gasteiger partial charge is 0.256 e. The summed E-state index contributed by atoms with van der Waals surface area (Å²) in [6.45, 7) is 1.87. The standard InChI is InChI=1S/C18H13ClN4OS/c1-11-10-15(20-17(24)12-6-3-2-4-7-12)23(22-11)18-21-16-13(19)8-5-9-14(16)25-18/h2-10H,1H3,(H,20,24). The zero-order chi connectivity index (χ0) is 17.4. The van der Waals surface area contributed by atoms with Gasteiger partial charge in [-0.25, -0.2) is 4.98 Å². The SMILES string of the molecule is Cc1cc(NC(=O)c2ccccc2)n(-c2nc3c(Cl)cccc3s2)n1. The highest BCUT2D eigenvalue weighted by Gasteiger charge is 2.16. The van der Waals surface area contributed by atoms with Crippen molar-refractivity contribution in [3.8, 4) is 5.13 Å². The summed E-state index contributed by atoms with van der Waals surface area (Å²) in [6, 6.07) is 16.5. The molecular weight excluding hydrogens is 356 g/mol. The number of aromatic nitrogens is 3. The van der Waals surface area contributed by atoms with Crippen molar-refractivity contribution >= 4 is 44.9 Å². The third kappa shape index (κ3) is 3.01. The molecule has 2 aromatic carbocycles. The summed E-state index contributed by atoms with van der Waals surface area (Å²) in [6.07, 6.45) is 0. The summed E-state index contributed by atoms with van der Waals surface area (Å²) in [7, 11) is 0. The molecule has 0 aliphatic heterocycles. The van der Waals surface area contributed by atoms with E-state index in [1.165, 1.54) is 11.3 Å². The van der Waals surface area contributed by atoms with Crippen molar-refractivity contribution < 1.29 is 4.79 Å². The Kier molecular flexibility index (Phi) is 3.99. The number of fused-ring (bicyclic) bond motifs is 1. The first-order valence-corrected chi connectivity index (χ1v) is 8.80. The number of rotatable bonds is 3. The monoisotopic (exact) mass is 368 g/mol. The van der Waals surface area contributed by atoms with Crippen molar-refractivity contribution in [3.63, 3.8) is 0 Å². The lowest BCUT2D eigenvalue weighted by atomic mass is 10.2. The van der Waals surface area contributed by atoms with Crippen LogP contribution in [0.5, 0.6) is 0 Å². The Labute approximate surface area is 152 Å². The van der Waals surface area contributed by atoms with E-state index in [1.807, 2.05) is 43.3 Å². The number of halogens is 1. The maximum absolute atomic E-state index is 12.4. The first-order valence-electron chi connectivity index (χ1n) is 7.60. The van der Waals surface area contributed by atoms with E-state index >= 15 is 0 Å². The number of anilines is 1. The molecule has 1 amide bonds. The van der Waals surface area contributed by atoms with Gasteiger partial charge >= 0.3 is 0 Å². The average Bonchev–Trinajstić information content (AvgIpc) is 3.20. The van der Waals surface area contributed by atoms with Crippen LogP contribution in [0, 0.1) is 6.92 Å². The molecule has 0 spiro atoms. The molecule has 0 saturated carbocycles. The average molecular weight is 369 g/mol. The van der Waals surface area contributed by atoms with E-state index < -0.39 is 0 Å². The summed E-state index contributed by atoms with van der Waals surface area (Å²) in [5, 5.41) is 8.61. The Hall–Kier alpha value is -2.70. The van der Waals surface area contributed by atoms with Crippen LogP contribution in [0.4, 0.5) is 5.82 Å². The molecule has 5 nitrogen and oxygen atoms in total. The van der Waals surface area contributed by atoms with E-state index in [0.29, 0.717) is 21.5 Å². The zero-order valence-corrected chi connectivity index (χ0v) is 14.8. The van der Waals surface area contributed by atoms with E-state index in [9.17, 15) is 4.79 Å². The van der Waals surface area contributed by atoms with Crippen LogP contribution in [-0.2, 0) is 0 Å². The molecule has 2 aromatic heterocycles. The summed E-state index contributed by atoms with van der Waals surface area (Å²) in [5.41, 5.74) is 2.10. The van der Waals surface area contributed by atoms with Gasteiger partial charge in [0, 0.05) is 11.6 Å². The second-order valence-corrected chi connectivity index (χ2v) is 6.90. The number of nitrogens with one attached hydrogen (secondary N) is 1. The third-order valence-electron chi connectivity index (χ3n) is 3.65. The number of nitrogens with zero attached hydrogens (tertiary/aromatic N) is 3. The number of hydrogen-bond acceptors (Lipinski definition) is 4. The number of benzene rings is 2. The summed E-state index contributed by atoms with van der Waals surface area (Å²) in [4.78, 5) is 17.0. The molecule has 25 heavy (non-hydrogen) atoms. The van der Waals surface area contributed by atoms with Gasteiger partial charge in [0.15, 0.2) is 0 Å². The van der Waals surface area contributed by atoms with Gasteiger partial charge in [0.2, 0.25) is 5.13 Å². The van der Waals surface area contributed by atoms with Crippen molar-refractivity contribution in [1.29, 1.82) is 0 Å². The Bertz CT molecular complexity index is 1070. The molecule has 0 fully saturated rings. The zero-order valence-electron chi connectivity index (χ0n) is 13.2. The van der Waals surface area contributed by atoms with Crippen LogP contribution in [0.2, 0.25) is 5.02 Å². The van der Waals surface area contributed by atoms with E-state index in [1.54, 1.807) is 22.9 Å². The Morgan fingerprint density at radius 3 is 2.72 bits per heavy atom. The van der Waals surface area contributed by atoms with Crippen molar-refractivity contribution in [1.82, 2.24) is 14.8 Å². The molecule has 0 bridgehead atoms. The van der Waals surface area contributed by atoms with Crippen molar-refractivity contribution in [2.45, 2.75) is 6.92 Å². The minimum atomic E-state index is -0.194. The van der Waals surface area contributed by atoms with Gasteiger partial charge < -0.3 is 5.32 Å². The second kappa shape index (κ2) is 6.31. The highest BCUT2D eigenvalue weighted by atomic mass is 35.5. The minimum Gasteiger partial charge on any atom is -0.306 e. The number of aryl methyl sites for hydroxylation is 1. The normalized spacial score (nSPS) is 11.0. The van der Waals surface area contributed by atoms with Gasteiger partial charge in [0.05, 0.1) is 15.4 Å². The molecule has 1 N–H and O–H groups in total. The minimum absolute atomic E-state index is 0.194. The lowest BCUT2D eigenvalue weighted by Crippen LogP contribution is -2.14. The molecule has 4 rings (SSSR count). The van der Waals surface area contributed by atoms with Crippen LogP contribution in [0.3, 0.4) is 0 Å². The number of amides is 1. The van der Waals surface area contributed by atoms with Gasteiger partial charge in [-0.05, 0) is 31.2 Å². The number of carbonyl (C=O) groups excluding carboxylic acids is 1. The predicted octanol–water partition coefficient (Wildman–Crippen LogP) is 4.70. The van der Waals surface area contributed by atoms with Crippen LogP contribution < -0.4 is 5.32 Å². The maximum atomic E-state index is 12.4. The van der Waals surface area contributed by atoms with Gasteiger partial charge in [-0.2, -0.15) is 9.78 Å². The van der Waals surface area contributed by atoms with E-state index in [0.717, 1.165) is 15.9 Å². The van der Waals surface area contributed by atoms with E-state index in [-0.39, 0.29) is 5.91 Å². The number of carbonyl (C=O) groups is 1. The first-order chi connectivity index (χ1) is 12.1. The first kappa shape index (κ1) is 15.8. The molecule has 2 heterocycles. The molecule has 0 saturated heterocycles. The van der Waals surface area contributed by atoms with Gasteiger partial charge in [-0.15, -0.1) is 0 Å². The van der Waals surface area contributed by atoms with Crippen molar-refractivity contribution in [2.75, 3.05) is 5.32 Å². The van der Waals surface area contributed by atoms with Crippen LogP contribution in [-0.4, -0.2) is 20.7 Å². The summed E-state index contributed by atoms with van der Waals surface area (Å²) < 4.78 is 2.60. The van der Waals surface area contributed by atoms with Gasteiger partial charge in [0.25, 0.3) is 5.91 Å². The highest BCUT2D eigenvalue weighted by molar-refractivity contribution is 7.20. The molecule has 0 unspecified atom stereocenters. The molecule has 7 heteroatoms. The molecule has 0 atom stereocenters. The predicted molar refractivity (Wildman–Crippen MR) is 101 cm³/mol. The molecular formula is C18H13ClN4OS. The topological polar surface area (TPSA) is 59.8 Å². The fourth-order valence-electron chi connectivity index (χ4n) is 2.51. The molecule has 0 radical (unpaired) electrons. The van der Waals surface area contributed by atoms with Crippen LogP contribution in [0.1, 0.15) is 16.1 Å². The van der Waals surface area contributed by atoms with Crippen LogP contribution in [0.25, 0.3) is 15.3 Å². The van der Waals surface area contributed by atoms with Gasteiger partial charge in [-0.1, -0.05) is 47.2 Å².